The molecule has 0 aliphatic heterocycles. The molecule has 1 saturated carbocycles. The summed E-state index contributed by atoms with van der Waals surface area (Å²) in [7, 11) is -3.92. The number of allylic oxidation sites excluding steroid dienone is 2. The van der Waals surface area contributed by atoms with E-state index in [1.807, 2.05) is 54.6 Å². The number of nitrogens with one attached hydrogen (secondary N) is 1. The summed E-state index contributed by atoms with van der Waals surface area (Å²) in [6.45, 7) is 0.324. The Balaban J connectivity index is 1.47. The SMILES string of the molecule is O=C(O)CCCC=CC[C@@H]1[C@@H](NS(=O)(=O)c2ccc(Br)c(Br)c2)[C@H](O)C[C@@H]1OCc1ccc(-c2ccccc2)cc1. The van der Waals surface area contributed by atoms with Crippen molar-refractivity contribution in [2.75, 3.05) is 0 Å². The van der Waals surface area contributed by atoms with Gasteiger partial charge in [-0.25, -0.2) is 13.1 Å². The lowest BCUT2D eigenvalue weighted by Crippen LogP contribution is -2.44. The molecule has 0 heterocycles. The smallest absolute Gasteiger partial charge is 0.303 e. The van der Waals surface area contributed by atoms with E-state index < -0.39 is 28.1 Å². The Morgan fingerprint density at radius 1 is 0.976 bits per heavy atom. The van der Waals surface area contributed by atoms with Crippen molar-refractivity contribution in [3.05, 3.63) is 99.5 Å². The fourth-order valence-corrected chi connectivity index (χ4v) is 7.12. The number of hydrogen-bond acceptors (Lipinski definition) is 5. The molecule has 7 nitrogen and oxygen atoms in total. The van der Waals surface area contributed by atoms with Crippen molar-refractivity contribution in [1.82, 2.24) is 4.72 Å². The third-order valence-electron chi connectivity index (χ3n) is 7.18. The van der Waals surface area contributed by atoms with Crippen LogP contribution >= 0.6 is 31.9 Å². The third kappa shape index (κ3) is 8.83. The number of aliphatic hydroxyl groups excluding tert-OH is 1. The van der Waals surface area contributed by atoms with Crippen LogP contribution in [0.2, 0.25) is 0 Å². The first-order chi connectivity index (χ1) is 19.6. The van der Waals surface area contributed by atoms with Gasteiger partial charge in [0.05, 0.1) is 29.8 Å². The number of benzene rings is 3. The second-order valence-corrected chi connectivity index (χ2v) is 13.5. The molecule has 4 rings (SSSR count). The molecular weight excluding hydrogens is 674 g/mol. The predicted octanol–water partition coefficient (Wildman–Crippen LogP) is 6.69. The molecule has 0 aromatic heterocycles. The lowest BCUT2D eigenvalue weighted by atomic mass is 9.97. The monoisotopic (exact) mass is 705 g/mol. The van der Waals surface area contributed by atoms with Gasteiger partial charge in [0.1, 0.15) is 0 Å². The van der Waals surface area contributed by atoms with E-state index in [-0.39, 0.29) is 29.8 Å². The zero-order valence-corrected chi connectivity index (χ0v) is 26.3. The maximum Gasteiger partial charge on any atom is 0.303 e. The van der Waals surface area contributed by atoms with E-state index in [0.29, 0.717) is 30.3 Å². The Labute approximate surface area is 258 Å². The van der Waals surface area contributed by atoms with Crippen molar-refractivity contribution in [2.45, 2.75) is 61.9 Å². The number of halogens is 2. The van der Waals surface area contributed by atoms with Crippen LogP contribution in [0.4, 0.5) is 0 Å². The standard InChI is InChI=1S/C31H33Br2NO6S/c32-26-17-16-24(18-27(26)33)41(38,39)34-31-25(10-6-1-2-7-11-30(36)37)29(19-28(31)35)40-20-21-12-14-23(15-13-21)22-8-4-3-5-9-22/h1,3-6,8-9,12-18,25,28-29,31,34-35H,2,7,10-11,19-20H2,(H,36,37)/t25-,28+,29-,31+/m0/s1. The number of hydrogen-bond donors (Lipinski definition) is 3. The Hall–Kier alpha value is -2.34. The van der Waals surface area contributed by atoms with Crippen LogP contribution in [0.15, 0.2) is 98.8 Å². The van der Waals surface area contributed by atoms with Gasteiger partial charge in [0, 0.05) is 27.7 Å². The van der Waals surface area contributed by atoms with Crippen LogP contribution in [0.1, 0.15) is 37.7 Å². The van der Waals surface area contributed by atoms with Gasteiger partial charge in [-0.3, -0.25) is 4.79 Å². The average molecular weight is 707 g/mol. The van der Waals surface area contributed by atoms with Crippen LogP contribution in [0.5, 0.6) is 0 Å². The summed E-state index contributed by atoms with van der Waals surface area (Å²) in [6.07, 6.45) is 4.49. The average Bonchev–Trinajstić information content (AvgIpc) is 3.24. The molecule has 3 aromatic carbocycles. The van der Waals surface area contributed by atoms with Crippen LogP contribution in [-0.4, -0.2) is 42.8 Å². The molecule has 3 N–H and O–H groups in total. The molecule has 0 saturated heterocycles. The minimum absolute atomic E-state index is 0.0885. The van der Waals surface area contributed by atoms with Crippen molar-refractivity contribution in [3.63, 3.8) is 0 Å². The lowest BCUT2D eigenvalue weighted by molar-refractivity contribution is -0.137. The maximum absolute atomic E-state index is 13.3. The zero-order chi connectivity index (χ0) is 29.4. The number of sulfonamides is 1. The van der Waals surface area contributed by atoms with Gasteiger partial charge in [-0.05, 0) is 86.0 Å². The van der Waals surface area contributed by atoms with Crippen LogP contribution in [0.25, 0.3) is 11.1 Å². The van der Waals surface area contributed by atoms with E-state index in [0.717, 1.165) is 21.2 Å². The van der Waals surface area contributed by atoms with E-state index >= 15 is 0 Å². The van der Waals surface area contributed by atoms with Crippen molar-refractivity contribution in [3.8, 4) is 11.1 Å². The number of carboxylic acid groups (broad SMARTS) is 1. The van der Waals surface area contributed by atoms with Gasteiger partial charge in [-0.2, -0.15) is 0 Å². The summed E-state index contributed by atoms with van der Waals surface area (Å²) in [6, 6.07) is 22.1. The topological polar surface area (TPSA) is 113 Å². The molecule has 0 spiro atoms. The van der Waals surface area contributed by atoms with Crippen molar-refractivity contribution in [1.29, 1.82) is 0 Å². The predicted molar refractivity (Wildman–Crippen MR) is 166 cm³/mol. The highest BCUT2D eigenvalue weighted by molar-refractivity contribution is 9.13. The molecule has 1 aliphatic carbocycles. The van der Waals surface area contributed by atoms with Crippen LogP contribution < -0.4 is 4.72 Å². The molecule has 0 unspecified atom stereocenters. The van der Waals surface area contributed by atoms with Gasteiger partial charge < -0.3 is 14.9 Å². The number of unbranched alkanes of at least 4 members (excludes halogenated alkanes) is 1. The highest BCUT2D eigenvalue weighted by Gasteiger charge is 2.44. The largest absolute Gasteiger partial charge is 0.481 e. The number of aliphatic hydroxyl groups is 1. The van der Waals surface area contributed by atoms with Gasteiger partial charge in [0.25, 0.3) is 0 Å². The molecule has 0 radical (unpaired) electrons. The Bertz CT molecular complexity index is 1450. The van der Waals surface area contributed by atoms with Crippen LogP contribution in [0.3, 0.4) is 0 Å². The summed E-state index contributed by atoms with van der Waals surface area (Å²) in [5.41, 5.74) is 3.21. The van der Waals surface area contributed by atoms with Crippen molar-refractivity contribution in [2.24, 2.45) is 5.92 Å². The highest BCUT2D eigenvalue weighted by Crippen LogP contribution is 2.35. The maximum atomic E-state index is 13.3. The number of carbonyl (C=O) groups is 1. The lowest BCUT2D eigenvalue weighted by Gasteiger charge is -2.25. The third-order valence-corrected chi connectivity index (χ3v) is 10.5. The number of ether oxygens (including phenoxy) is 1. The Morgan fingerprint density at radius 3 is 2.37 bits per heavy atom. The fraction of sp³-hybridized carbons (Fsp3) is 0.323. The van der Waals surface area contributed by atoms with E-state index in [1.54, 1.807) is 6.07 Å². The first-order valence-corrected chi connectivity index (χ1v) is 16.5. The molecule has 0 amide bonds. The summed E-state index contributed by atoms with van der Waals surface area (Å²) in [5.74, 6) is -1.16. The van der Waals surface area contributed by atoms with Crippen molar-refractivity contribution < 1.29 is 28.2 Å². The van der Waals surface area contributed by atoms with Gasteiger partial charge in [-0.15, -0.1) is 0 Å². The van der Waals surface area contributed by atoms with E-state index in [4.69, 9.17) is 9.84 Å². The van der Waals surface area contributed by atoms with E-state index in [9.17, 15) is 18.3 Å². The van der Waals surface area contributed by atoms with Crippen LogP contribution in [0, 0.1) is 5.92 Å². The van der Waals surface area contributed by atoms with E-state index in [1.165, 1.54) is 12.1 Å². The van der Waals surface area contributed by atoms with Gasteiger partial charge >= 0.3 is 5.97 Å². The summed E-state index contributed by atoms with van der Waals surface area (Å²) in [4.78, 5) is 10.9. The minimum atomic E-state index is -3.92. The van der Waals surface area contributed by atoms with Crippen molar-refractivity contribution >= 4 is 47.9 Å². The highest BCUT2D eigenvalue weighted by atomic mass is 79.9. The first kappa shape index (κ1) is 31.6. The summed E-state index contributed by atoms with van der Waals surface area (Å²) in [5, 5.41) is 19.8. The summed E-state index contributed by atoms with van der Waals surface area (Å²) < 4.78 is 36.9. The second kappa shape index (κ2) is 14.7. The van der Waals surface area contributed by atoms with Gasteiger partial charge in [-0.1, -0.05) is 66.7 Å². The Kier molecular flexibility index (Phi) is 11.3. The molecule has 1 fully saturated rings. The summed E-state index contributed by atoms with van der Waals surface area (Å²) >= 11 is 6.71. The molecule has 3 aromatic rings. The van der Waals surface area contributed by atoms with E-state index in [2.05, 4.69) is 48.7 Å². The zero-order valence-electron chi connectivity index (χ0n) is 22.3. The number of rotatable bonds is 13. The fourth-order valence-electron chi connectivity index (χ4n) is 4.99. The second-order valence-electron chi connectivity index (χ2n) is 10.1. The van der Waals surface area contributed by atoms with Gasteiger partial charge in [0.15, 0.2) is 0 Å². The van der Waals surface area contributed by atoms with Gasteiger partial charge in [0.2, 0.25) is 10.0 Å². The Morgan fingerprint density at radius 2 is 1.68 bits per heavy atom. The number of carboxylic acids is 1. The van der Waals surface area contributed by atoms with Crippen LogP contribution in [-0.2, 0) is 26.2 Å². The number of aliphatic carboxylic acids is 1. The quantitative estimate of drug-likeness (QED) is 0.135. The molecule has 41 heavy (non-hydrogen) atoms. The normalized spacial score (nSPS) is 21.0. The molecule has 1 aliphatic rings. The molecule has 218 valence electrons. The molecular formula is C31H33Br2NO6S. The molecule has 0 bridgehead atoms. The molecule has 4 atom stereocenters. The molecule has 10 heteroatoms. The first-order valence-electron chi connectivity index (χ1n) is 13.4. The minimum Gasteiger partial charge on any atom is -0.481 e.